The lowest BCUT2D eigenvalue weighted by atomic mass is 10.3. The molecule has 0 aromatic heterocycles. The Labute approximate surface area is 140 Å². The standard InChI is InChI=1S/C16H24F3N3O2/c1-4-20-15(21-10-9-16(17,18)19)22-11-12(2)24-14-7-5-13(23-3)6-8-14/h5-8,12H,4,9-11H2,1-3H3,(H2,20,21,22). The molecule has 136 valence electrons. The van der Waals surface area contributed by atoms with Crippen molar-refractivity contribution in [3.63, 3.8) is 0 Å². The summed E-state index contributed by atoms with van der Waals surface area (Å²) in [6.07, 6.45) is -5.32. The van der Waals surface area contributed by atoms with Gasteiger partial charge in [-0.25, -0.2) is 4.99 Å². The van der Waals surface area contributed by atoms with Crippen LogP contribution in [0, 0.1) is 0 Å². The Balaban J connectivity index is 2.48. The molecule has 8 heteroatoms. The molecule has 0 amide bonds. The van der Waals surface area contributed by atoms with Crippen LogP contribution in [0.1, 0.15) is 20.3 Å². The van der Waals surface area contributed by atoms with Crippen LogP contribution in [0.5, 0.6) is 11.5 Å². The molecule has 1 unspecified atom stereocenters. The maximum Gasteiger partial charge on any atom is 0.390 e. The molecule has 5 nitrogen and oxygen atoms in total. The van der Waals surface area contributed by atoms with Crippen LogP contribution < -0.4 is 20.1 Å². The molecule has 0 fully saturated rings. The van der Waals surface area contributed by atoms with Gasteiger partial charge in [0.15, 0.2) is 5.96 Å². The minimum atomic E-state index is -4.19. The fourth-order valence-corrected chi connectivity index (χ4v) is 1.81. The largest absolute Gasteiger partial charge is 0.497 e. The summed E-state index contributed by atoms with van der Waals surface area (Å²) in [5.74, 6) is 1.75. The van der Waals surface area contributed by atoms with E-state index in [9.17, 15) is 13.2 Å². The number of methoxy groups -OCH3 is 1. The van der Waals surface area contributed by atoms with Gasteiger partial charge in [0.1, 0.15) is 17.6 Å². The Bertz CT molecular complexity index is 504. The van der Waals surface area contributed by atoms with Gasteiger partial charge in [-0.05, 0) is 38.1 Å². The van der Waals surface area contributed by atoms with Crippen molar-refractivity contribution >= 4 is 5.96 Å². The van der Waals surface area contributed by atoms with E-state index in [1.54, 1.807) is 31.4 Å². The van der Waals surface area contributed by atoms with Crippen LogP contribution in [0.2, 0.25) is 0 Å². The molecule has 1 atom stereocenters. The van der Waals surface area contributed by atoms with Crippen LogP contribution in [-0.2, 0) is 0 Å². The first-order valence-electron chi connectivity index (χ1n) is 7.73. The second-order valence-corrected chi connectivity index (χ2v) is 5.12. The van der Waals surface area contributed by atoms with Crippen LogP contribution in [0.3, 0.4) is 0 Å². The van der Waals surface area contributed by atoms with Crippen LogP contribution in [0.4, 0.5) is 13.2 Å². The van der Waals surface area contributed by atoms with E-state index in [0.717, 1.165) is 5.75 Å². The predicted octanol–water partition coefficient (Wildman–Crippen LogP) is 2.97. The van der Waals surface area contributed by atoms with E-state index in [1.165, 1.54) is 0 Å². The Morgan fingerprint density at radius 3 is 2.33 bits per heavy atom. The lowest BCUT2D eigenvalue weighted by Gasteiger charge is -2.15. The van der Waals surface area contributed by atoms with E-state index in [1.807, 2.05) is 13.8 Å². The van der Waals surface area contributed by atoms with Crippen molar-refractivity contribution in [2.45, 2.75) is 32.5 Å². The molecule has 2 N–H and O–H groups in total. The van der Waals surface area contributed by atoms with Crippen molar-refractivity contribution < 1.29 is 22.6 Å². The number of nitrogens with one attached hydrogen (secondary N) is 2. The lowest BCUT2D eigenvalue weighted by molar-refractivity contribution is -0.132. The van der Waals surface area contributed by atoms with Gasteiger partial charge in [0.25, 0.3) is 0 Å². The number of nitrogens with zero attached hydrogens (tertiary/aromatic N) is 1. The molecule has 0 spiro atoms. The number of ether oxygens (including phenoxy) is 2. The number of rotatable bonds is 8. The molecule has 0 bridgehead atoms. The third-order valence-electron chi connectivity index (χ3n) is 2.95. The highest BCUT2D eigenvalue weighted by atomic mass is 19.4. The monoisotopic (exact) mass is 347 g/mol. The molecule has 24 heavy (non-hydrogen) atoms. The van der Waals surface area contributed by atoms with E-state index in [-0.39, 0.29) is 12.6 Å². The van der Waals surface area contributed by atoms with E-state index in [0.29, 0.717) is 24.8 Å². The zero-order valence-electron chi connectivity index (χ0n) is 14.1. The number of aliphatic imine (C=N–C) groups is 1. The highest BCUT2D eigenvalue weighted by molar-refractivity contribution is 5.79. The molecule has 1 rings (SSSR count). The van der Waals surface area contributed by atoms with Crippen LogP contribution in [-0.4, -0.2) is 45.0 Å². The Morgan fingerprint density at radius 2 is 1.79 bits per heavy atom. The number of alkyl halides is 3. The van der Waals surface area contributed by atoms with E-state index in [4.69, 9.17) is 9.47 Å². The Morgan fingerprint density at radius 1 is 1.17 bits per heavy atom. The van der Waals surface area contributed by atoms with Crippen molar-refractivity contribution in [1.29, 1.82) is 0 Å². The molecular formula is C16H24F3N3O2. The number of hydrogen-bond acceptors (Lipinski definition) is 3. The van der Waals surface area contributed by atoms with Crippen molar-refractivity contribution in [3.8, 4) is 11.5 Å². The summed E-state index contributed by atoms with van der Waals surface area (Å²) in [5, 5.41) is 5.56. The summed E-state index contributed by atoms with van der Waals surface area (Å²) >= 11 is 0. The van der Waals surface area contributed by atoms with Gasteiger partial charge >= 0.3 is 6.18 Å². The van der Waals surface area contributed by atoms with Gasteiger partial charge in [0.05, 0.1) is 20.1 Å². The first-order valence-corrected chi connectivity index (χ1v) is 7.73. The average Bonchev–Trinajstić information content (AvgIpc) is 2.52. The number of guanidine groups is 1. The SMILES string of the molecule is CCNC(=NCC(C)Oc1ccc(OC)cc1)NCCC(F)(F)F. The molecular weight excluding hydrogens is 323 g/mol. The third-order valence-corrected chi connectivity index (χ3v) is 2.95. The van der Waals surface area contributed by atoms with Gasteiger partial charge in [0.2, 0.25) is 0 Å². The summed E-state index contributed by atoms with van der Waals surface area (Å²) in [7, 11) is 1.58. The summed E-state index contributed by atoms with van der Waals surface area (Å²) in [5.41, 5.74) is 0. The van der Waals surface area contributed by atoms with Gasteiger partial charge in [-0.2, -0.15) is 13.2 Å². The fraction of sp³-hybridized carbons (Fsp3) is 0.562. The van der Waals surface area contributed by atoms with Crippen molar-refractivity contribution in [1.82, 2.24) is 10.6 Å². The fourth-order valence-electron chi connectivity index (χ4n) is 1.81. The second kappa shape index (κ2) is 9.89. The molecule has 0 radical (unpaired) electrons. The smallest absolute Gasteiger partial charge is 0.390 e. The first-order chi connectivity index (χ1) is 11.3. The number of hydrogen-bond donors (Lipinski definition) is 2. The molecule has 0 aliphatic carbocycles. The van der Waals surface area contributed by atoms with Gasteiger partial charge in [-0.1, -0.05) is 0 Å². The third kappa shape index (κ3) is 8.50. The average molecular weight is 347 g/mol. The number of halogens is 3. The maximum absolute atomic E-state index is 12.2. The summed E-state index contributed by atoms with van der Waals surface area (Å²) in [6.45, 7) is 4.34. The Hall–Kier alpha value is -2.12. The quantitative estimate of drug-likeness (QED) is 0.561. The molecule has 1 aromatic carbocycles. The lowest BCUT2D eigenvalue weighted by Crippen LogP contribution is -2.39. The molecule has 0 saturated heterocycles. The molecule has 0 heterocycles. The highest BCUT2D eigenvalue weighted by Gasteiger charge is 2.26. The van der Waals surface area contributed by atoms with Crippen LogP contribution in [0.25, 0.3) is 0 Å². The minimum absolute atomic E-state index is 0.219. The zero-order valence-corrected chi connectivity index (χ0v) is 14.1. The van der Waals surface area contributed by atoms with Crippen LogP contribution >= 0.6 is 0 Å². The van der Waals surface area contributed by atoms with Gasteiger partial charge in [-0.15, -0.1) is 0 Å². The van der Waals surface area contributed by atoms with Crippen molar-refractivity contribution in [2.24, 2.45) is 4.99 Å². The molecule has 0 aliphatic heterocycles. The topological polar surface area (TPSA) is 54.9 Å². The van der Waals surface area contributed by atoms with E-state index in [2.05, 4.69) is 15.6 Å². The summed E-state index contributed by atoms with van der Waals surface area (Å²) < 4.78 is 47.3. The van der Waals surface area contributed by atoms with E-state index < -0.39 is 12.6 Å². The van der Waals surface area contributed by atoms with Gasteiger partial charge in [0, 0.05) is 13.1 Å². The zero-order chi connectivity index (χ0) is 18.0. The first kappa shape index (κ1) is 19.9. The maximum atomic E-state index is 12.2. The molecule has 0 aliphatic rings. The highest BCUT2D eigenvalue weighted by Crippen LogP contribution is 2.19. The summed E-state index contributed by atoms with van der Waals surface area (Å²) in [4.78, 5) is 4.24. The predicted molar refractivity (Wildman–Crippen MR) is 87.7 cm³/mol. The van der Waals surface area contributed by atoms with Gasteiger partial charge < -0.3 is 20.1 Å². The normalized spacial score (nSPS) is 13.3. The molecule has 0 saturated carbocycles. The van der Waals surface area contributed by atoms with Gasteiger partial charge in [-0.3, -0.25) is 0 Å². The Kier molecular flexibility index (Phi) is 8.21. The van der Waals surface area contributed by atoms with Crippen molar-refractivity contribution in [2.75, 3.05) is 26.7 Å². The summed E-state index contributed by atoms with van der Waals surface area (Å²) in [6, 6.07) is 7.14. The minimum Gasteiger partial charge on any atom is -0.497 e. The van der Waals surface area contributed by atoms with E-state index >= 15 is 0 Å². The van der Waals surface area contributed by atoms with Crippen molar-refractivity contribution in [3.05, 3.63) is 24.3 Å². The van der Waals surface area contributed by atoms with Crippen LogP contribution in [0.15, 0.2) is 29.3 Å². The molecule has 1 aromatic rings. The number of benzene rings is 1. The second-order valence-electron chi connectivity index (χ2n) is 5.12.